The van der Waals surface area contributed by atoms with Gasteiger partial charge in [-0.05, 0) is 94.3 Å². The summed E-state index contributed by atoms with van der Waals surface area (Å²) >= 11 is 6.09. The number of aromatic amines is 1. The summed E-state index contributed by atoms with van der Waals surface area (Å²) in [5, 5.41) is 30.6. The number of hydrogen-bond acceptors (Lipinski definition) is 51. The SMILES string of the molecule is C[C@@]12OC(=O)O[C@@H]1[C@@H](CO)O[C@H]2n1ccc2c(N)nc(N)nc21.C[C@@]12OC(=O)O[C@@H]1[C@@H](CO)O[C@H]2n1cnc2c(=O)[nH]c(N)nc21.C[C@@]12OC(=O)O[C@@H]1[C@@H](COP1(=O)OCC[C@@H](c3cccc(Cl)c3)O1)O[C@H]2n1ccc2c(N)nc(N)nc21.C[C@@]12OC(=O)O[C@@H]1[C@@H](COP1(=O)OCC[C@@H](c3ccncc3)O1)O[C@H]2n1ccc2c(N)nc(N)nc21.C[C@]1(CO)O[C@@H](n2ccc(N)nc2=O)[C@@H]2OC(=O)O[C@@H]21. The van der Waals surface area contributed by atoms with Gasteiger partial charge < -0.3 is 146 Å². The second-order valence-electron chi connectivity index (χ2n) is 34.0. The van der Waals surface area contributed by atoms with Crippen molar-refractivity contribution in [2.24, 2.45) is 0 Å². The molecule has 10 aromatic heterocycles. The van der Waals surface area contributed by atoms with E-state index in [9.17, 15) is 58.0 Å². The van der Waals surface area contributed by atoms with Crippen LogP contribution in [0.2, 0.25) is 5.02 Å². The molecule has 139 heavy (non-hydrogen) atoms. The van der Waals surface area contributed by atoms with Crippen molar-refractivity contribution in [3.05, 3.63) is 141 Å². The lowest BCUT2D eigenvalue weighted by atomic mass is 9.96. The number of phosphoric acid groups is 2. The minimum atomic E-state index is -3.97. The number of benzene rings is 1. The monoisotopic (exact) mass is 2000 g/mol. The average molecular weight is 2000 g/mol. The highest BCUT2D eigenvalue weighted by atomic mass is 35.5. The largest absolute Gasteiger partial charge is 0.509 e. The fraction of sp³-hybridized carbons (Fsp3) is 0.456. The zero-order valence-electron chi connectivity index (χ0n) is 73.2. The number of imidazole rings is 1. The number of carbonyl (C=O) groups excluding carboxylic acids is 5. The Morgan fingerprint density at radius 2 is 0.906 bits per heavy atom. The van der Waals surface area contributed by atoms with E-state index in [1.165, 1.54) is 23.2 Å². The van der Waals surface area contributed by atoms with Crippen LogP contribution < -0.4 is 57.1 Å². The summed E-state index contributed by atoms with van der Waals surface area (Å²) in [5.74, 6) is 0.601. The maximum absolute atomic E-state index is 13.3. The second kappa shape index (κ2) is 35.7. The molecule has 0 saturated carbocycles. The molecule has 0 bridgehead atoms. The van der Waals surface area contributed by atoms with Crippen LogP contribution in [0.15, 0.2) is 114 Å². The Balaban J connectivity index is 0.000000113. The van der Waals surface area contributed by atoms with E-state index in [2.05, 4.69) is 54.8 Å². The first kappa shape index (κ1) is 94.4. The topological polar surface area (TPSA) is 786 Å². The predicted octanol–water partition coefficient (Wildman–Crippen LogP) is 3.90. The molecule has 20 N–H and O–H groups in total. The van der Waals surface area contributed by atoms with Gasteiger partial charge >= 0.3 is 52.1 Å². The summed E-state index contributed by atoms with van der Waals surface area (Å²) in [6.45, 7) is 6.93. The van der Waals surface area contributed by atoms with E-state index in [1.807, 2.05) is 6.07 Å². The third-order valence-electron chi connectivity index (χ3n) is 24.9. The molecule has 11 aromatic rings. The van der Waals surface area contributed by atoms with E-state index in [0.29, 0.717) is 51.0 Å². The van der Waals surface area contributed by atoms with Gasteiger partial charge in [0, 0.05) is 55.0 Å². The van der Waals surface area contributed by atoms with E-state index in [1.54, 1.807) is 128 Å². The van der Waals surface area contributed by atoms with E-state index in [-0.39, 0.29) is 97.9 Å². The second-order valence-corrected chi connectivity index (χ2v) is 37.7. The van der Waals surface area contributed by atoms with Crippen molar-refractivity contribution in [1.82, 2.24) is 77.7 Å². The van der Waals surface area contributed by atoms with Crippen molar-refractivity contribution < 1.29 is 147 Å². The van der Waals surface area contributed by atoms with Gasteiger partial charge in [0.15, 0.2) is 101 Å². The smallest absolute Gasteiger partial charge is 0.424 e. The molecule has 12 saturated heterocycles. The fourth-order valence-corrected chi connectivity index (χ4v) is 21.4. The molecule has 12 aliphatic heterocycles. The van der Waals surface area contributed by atoms with Gasteiger partial charge in [0.2, 0.25) is 23.8 Å². The number of fused-ring (bicyclic) bond motifs is 9. The number of halogens is 1. The van der Waals surface area contributed by atoms with Gasteiger partial charge in [0.25, 0.3) is 5.56 Å². The molecule has 12 fully saturated rings. The number of nitrogens with zero attached hydrogens (tertiary/aromatic N) is 15. The molecular weight excluding hydrogens is 1910 g/mol. The molecule has 60 heteroatoms. The van der Waals surface area contributed by atoms with Gasteiger partial charge in [-0.2, -0.15) is 39.9 Å². The summed E-state index contributed by atoms with van der Waals surface area (Å²) in [7, 11) is -7.91. The predicted molar refractivity (Wildman–Crippen MR) is 466 cm³/mol. The fourth-order valence-electron chi connectivity index (χ4n) is 18.4. The number of H-pyrrole nitrogens is 1. The number of aliphatic hydroxyl groups excluding tert-OH is 3. The minimum Gasteiger partial charge on any atom is -0.424 e. The Kier molecular flexibility index (Phi) is 24.2. The number of carbonyl (C=O) groups is 5. The van der Waals surface area contributed by atoms with Crippen LogP contribution in [0.3, 0.4) is 0 Å². The number of hydrogen-bond donors (Lipinski definition) is 12. The molecule has 0 amide bonds. The Morgan fingerprint density at radius 3 is 1.35 bits per heavy atom. The van der Waals surface area contributed by atoms with Crippen LogP contribution in [0.4, 0.5) is 71.0 Å². The number of aliphatic hydroxyl groups is 3. The van der Waals surface area contributed by atoms with Gasteiger partial charge in [-0.3, -0.25) is 51.0 Å². The molecule has 1 aromatic carbocycles. The lowest BCUT2D eigenvalue weighted by molar-refractivity contribution is -0.129. The number of aromatic nitrogens is 16. The van der Waals surface area contributed by atoms with Gasteiger partial charge in [0.05, 0.1) is 80.9 Å². The zero-order valence-corrected chi connectivity index (χ0v) is 75.7. The average Bonchev–Trinajstić information content (AvgIpc) is 1.80. The molecule has 2 unspecified atom stereocenters. The number of phosphoric ester groups is 2. The van der Waals surface area contributed by atoms with Crippen LogP contribution in [-0.4, -0.2) is 259 Å². The summed E-state index contributed by atoms with van der Waals surface area (Å²) < 4.78 is 150. The van der Waals surface area contributed by atoms with Crippen molar-refractivity contribution >= 4 is 149 Å². The molecule has 23 rings (SSSR count). The van der Waals surface area contributed by atoms with E-state index >= 15 is 0 Å². The molecule has 738 valence electrons. The molecule has 57 nitrogen and oxygen atoms in total. The first-order valence-electron chi connectivity index (χ1n) is 42.4. The van der Waals surface area contributed by atoms with Crippen LogP contribution in [0.1, 0.15) is 102 Å². The van der Waals surface area contributed by atoms with Crippen molar-refractivity contribution in [1.29, 1.82) is 0 Å². The first-order chi connectivity index (χ1) is 66.2. The Hall–Kier alpha value is -13.6. The quantitative estimate of drug-likeness (QED) is 0.0371. The van der Waals surface area contributed by atoms with Gasteiger partial charge in [-0.25, -0.2) is 42.9 Å². The third kappa shape index (κ3) is 17.0. The number of nitrogens with one attached hydrogen (secondary N) is 1. The molecular formula is C79H87ClN24O33P2. The highest BCUT2D eigenvalue weighted by molar-refractivity contribution is 7.48. The third-order valence-corrected chi connectivity index (χ3v) is 28.1. The standard InChI is InChI=1S/C22H23ClN5O8P.C21H23N6O8P.C13H15N5O5.C12H13N5O6.C11H13N3O6/c1-22-16(34-21(29)35-22)15(33-19(22)28-7-5-13-17(24)26-20(25)27-18(13)28)10-32-37(30)31-8-6-14(36-37)11-3-2-4-12(23)9-11;1-21-15(33-20(28)34-21)14(32-18(21)27-8-4-12-16(22)25-19(23)26-17(12)27)10-31-36(29)30-9-5-13(35-36)11-2-6-24-7-3-11;1-13-7(22-12(20)23-13)6(4-19)21-10(13)18-3-2-5-8(14)16-11(15)17-9(5)18;1-12-6(22-11(20)23-12)4(2-18)21-9(12)17-3-14-5-7(17)15-10(13)16-8(5)19;1-11(4-15)7-6(18-10(17)19-7)8(20-11)14-3-2-5(12)13-9(14)16/h2-5,7,9,14-16,19H,6,8,10H2,1H3,(H4,24,25,26,27);2-4,6-8,13-15,18H,5,9-10H2,1H3,(H4,22,23,25,26);2-3,6-7,10,19H,4H2,1H3,(H4,14,15,16,17);3-4,6,9,18H,2H2,1H3,(H3,13,15,16,19);2-3,6-8,15H,4H2,1H3,(H2,12,13,16)/t14-,15+,16+,19+,22+,37?;13-,14+,15+,18+,21+,36?;6-,7-,10-,13-;4-,6-,9-,12-;6-,7+,8-,11-/m00111/s1. The lowest BCUT2D eigenvalue weighted by Crippen LogP contribution is -2.42. The first-order valence-corrected chi connectivity index (χ1v) is 45.7. The van der Waals surface area contributed by atoms with E-state index in [4.69, 9.17) is 156 Å². The number of nitrogens with two attached hydrogens (primary N) is 8. The Morgan fingerprint density at radius 1 is 0.482 bits per heavy atom. The maximum atomic E-state index is 13.3. The van der Waals surface area contributed by atoms with Crippen LogP contribution in [0.25, 0.3) is 44.3 Å². The van der Waals surface area contributed by atoms with Crippen molar-refractivity contribution in [2.45, 2.75) is 180 Å². The Labute approximate surface area is 783 Å². The number of pyridine rings is 1. The van der Waals surface area contributed by atoms with Crippen LogP contribution in [0, 0.1) is 0 Å². The van der Waals surface area contributed by atoms with Crippen molar-refractivity contribution in [3.8, 4) is 0 Å². The minimum absolute atomic E-state index is 0.0207. The zero-order chi connectivity index (χ0) is 98.2. The highest BCUT2D eigenvalue weighted by Crippen LogP contribution is 2.61. The van der Waals surface area contributed by atoms with Crippen molar-refractivity contribution in [2.75, 3.05) is 92.1 Å². The van der Waals surface area contributed by atoms with Gasteiger partial charge in [-0.15, -0.1) is 0 Å². The lowest BCUT2D eigenvalue weighted by Gasteiger charge is -2.30. The molecule has 22 heterocycles. The van der Waals surface area contributed by atoms with Gasteiger partial charge in [-0.1, -0.05) is 23.7 Å². The number of ether oxygens (including phenoxy) is 15. The number of anilines is 8. The number of rotatable bonds is 16. The molecule has 24 atom stereocenters. The van der Waals surface area contributed by atoms with Crippen LogP contribution >= 0.6 is 27.2 Å². The molecule has 12 aliphatic rings. The summed E-state index contributed by atoms with van der Waals surface area (Å²) in [6, 6.07) is 17.2. The number of nitrogen functional groups attached to an aromatic ring is 8. The van der Waals surface area contributed by atoms with Crippen LogP contribution in [0.5, 0.6) is 0 Å². The molecule has 0 aliphatic carbocycles. The summed E-state index contributed by atoms with van der Waals surface area (Å²) in [5.41, 5.74) is 42.0. The Bertz CT molecular complexity index is 6930. The normalized spacial score (nSPS) is 33.6. The van der Waals surface area contributed by atoms with Crippen molar-refractivity contribution in [3.63, 3.8) is 0 Å². The summed E-state index contributed by atoms with van der Waals surface area (Å²) in [4.78, 5) is 125. The maximum Gasteiger partial charge on any atom is 0.509 e. The summed E-state index contributed by atoms with van der Waals surface area (Å²) in [6.07, 6.45) is -5.71. The van der Waals surface area contributed by atoms with E-state index in [0.717, 1.165) is 15.7 Å². The highest BCUT2D eigenvalue weighted by Gasteiger charge is 2.69. The molecule has 0 spiro atoms. The van der Waals surface area contributed by atoms with E-state index < -0.39 is 197 Å². The van der Waals surface area contributed by atoms with Crippen LogP contribution in [-0.2, 0) is 107 Å². The molecule has 0 radical (unpaired) electrons. The van der Waals surface area contributed by atoms with Gasteiger partial charge in [0.1, 0.15) is 70.2 Å².